The Kier molecular flexibility index (Phi) is 5.99. The molecule has 1 saturated carbocycles. The van der Waals surface area contributed by atoms with Gasteiger partial charge in [-0.05, 0) is 0 Å². The van der Waals surface area contributed by atoms with Gasteiger partial charge in [0, 0.05) is 0 Å². The predicted molar refractivity (Wildman–Crippen MR) is 42.3 cm³/mol. The third kappa shape index (κ3) is 2.65. The molecule has 0 amide bonds. The van der Waals surface area contributed by atoms with Crippen molar-refractivity contribution in [3.8, 4) is 0 Å². The quantitative estimate of drug-likeness (QED) is 0.285. The molecule has 12 heavy (non-hydrogen) atoms. The molecule has 0 aliphatic heterocycles. The van der Waals surface area contributed by atoms with E-state index in [4.69, 9.17) is 0 Å². The summed E-state index contributed by atoms with van der Waals surface area (Å²) in [6.07, 6.45) is 4.70. The van der Waals surface area contributed by atoms with Gasteiger partial charge in [-0.15, -0.1) is 12.1 Å². The summed E-state index contributed by atoms with van der Waals surface area (Å²) < 4.78 is 0. The molecule has 0 atom stereocenters. The van der Waals surface area contributed by atoms with E-state index in [0.29, 0.717) is 0 Å². The van der Waals surface area contributed by atoms with Crippen molar-refractivity contribution in [3.63, 3.8) is 0 Å². The largest absolute Gasteiger partial charge is 1.00 e. The van der Waals surface area contributed by atoms with E-state index in [-0.39, 0.29) is 37.7 Å². The Hall–Kier alpha value is 0.285. The summed E-state index contributed by atoms with van der Waals surface area (Å²) in [7, 11) is 0. The molecule has 0 radical (unpaired) electrons. The SMILES string of the molecule is [Li+].[Li+].c1ccc([C-]2C[CH-]C2)cc1. The molecular formula is C10H10Li2. The zero-order valence-corrected chi connectivity index (χ0v) is 7.88. The van der Waals surface area contributed by atoms with Crippen LogP contribution in [0.15, 0.2) is 30.3 Å². The number of rotatable bonds is 1. The molecule has 1 aromatic carbocycles. The number of benzene rings is 1. The monoisotopic (exact) mass is 144 g/mol. The fraction of sp³-hybridized carbons (Fsp3) is 0.200. The molecule has 0 N–H and O–H groups in total. The molecule has 2 heteroatoms. The Balaban J connectivity index is 0.000000605. The van der Waals surface area contributed by atoms with E-state index < -0.39 is 0 Å². The summed E-state index contributed by atoms with van der Waals surface area (Å²) in [5.41, 5.74) is 1.42. The van der Waals surface area contributed by atoms with E-state index in [9.17, 15) is 0 Å². The third-order valence-electron chi connectivity index (χ3n) is 1.96. The Morgan fingerprint density at radius 3 is 2.00 bits per heavy atom. The maximum absolute atomic E-state index is 2.31. The van der Waals surface area contributed by atoms with Crippen LogP contribution in [0.25, 0.3) is 0 Å². The summed E-state index contributed by atoms with van der Waals surface area (Å²) in [6, 6.07) is 10.6. The zero-order valence-electron chi connectivity index (χ0n) is 7.88. The maximum Gasteiger partial charge on any atom is 1.00 e. The Labute approximate surface area is 98.5 Å². The van der Waals surface area contributed by atoms with Gasteiger partial charge in [0.05, 0.1) is 0 Å². The van der Waals surface area contributed by atoms with Gasteiger partial charge in [0.1, 0.15) is 0 Å². The Morgan fingerprint density at radius 2 is 1.58 bits per heavy atom. The van der Waals surface area contributed by atoms with Gasteiger partial charge in [-0.1, -0.05) is 6.07 Å². The van der Waals surface area contributed by atoms with Gasteiger partial charge in [0.15, 0.2) is 0 Å². The summed E-state index contributed by atoms with van der Waals surface area (Å²) in [4.78, 5) is 0. The van der Waals surface area contributed by atoms with Crippen LogP contribution in [0.5, 0.6) is 0 Å². The first-order valence-electron chi connectivity index (χ1n) is 3.68. The van der Waals surface area contributed by atoms with Crippen LogP contribution < -0.4 is 37.7 Å². The van der Waals surface area contributed by atoms with Crippen LogP contribution in [0.3, 0.4) is 0 Å². The van der Waals surface area contributed by atoms with Crippen molar-refractivity contribution in [2.24, 2.45) is 0 Å². The van der Waals surface area contributed by atoms with E-state index in [1.165, 1.54) is 18.4 Å². The molecule has 52 valence electrons. The van der Waals surface area contributed by atoms with Gasteiger partial charge < -0.3 is 6.42 Å². The van der Waals surface area contributed by atoms with Crippen LogP contribution >= 0.6 is 0 Å². The molecule has 0 spiro atoms. The van der Waals surface area contributed by atoms with Crippen molar-refractivity contribution in [2.45, 2.75) is 12.8 Å². The summed E-state index contributed by atoms with van der Waals surface area (Å²) in [5, 5.41) is 0. The molecular weight excluding hydrogens is 134 g/mol. The molecule has 0 nitrogen and oxygen atoms in total. The Bertz CT molecular complexity index is 204. The standard InChI is InChI=1S/C10H10.2Li/c1-2-5-9(6-3-1)10-7-4-8-10;;/h1-6H,7-8H2;;/q-2;2*+1. The summed E-state index contributed by atoms with van der Waals surface area (Å²) in [5.74, 6) is 1.58. The van der Waals surface area contributed by atoms with Crippen molar-refractivity contribution in [3.05, 3.63) is 48.2 Å². The van der Waals surface area contributed by atoms with Crippen molar-refractivity contribution in [1.82, 2.24) is 0 Å². The van der Waals surface area contributed by atoms with Crippen LogP contribution in [-0.2, 0) is 0 Å². The van der Waals surface area contributed by atoms with Gasteiger partial charge in [-0.3, -0.25) is 0 Å². The van der Waals surface area contributed by atoms with E-state index in [0.717, 1.165) is 0 Å². The van der Waals surface area contributed by atoms with E-state index in [1.54, 1.807) is 5.92 Å². The smallest absolute Gasteiger partial charge is 0.343 e. The number of hydrogen-bond donors (Lipinski definition) is 0. The van der Waals surface area contributed by atoms with Gasteiger partial charge in [-0.2, -0.15) is 17.7 Å². The molecule has 0 aromatic heterocycles. The van der Waals surface area contributed by atoms with Gasteiger partial charge in [0.25, 0.3) is 0 Å². The fourth-order valence-corrected chi connectivity index (χ4v) is 1.20. The van der Waals surface area contributed by atoms with Crippen molar-refractivity contribution in [1.29, 1.82) is 0 Å². The first-order chi connectivity index (χ1) is 4.97. The van der Waals surface area contributed by atoms with Crippen LogP contribution in [0.2, 0.25) is 0 Å². The molecule has 0 heterocycles. The predicted octanol–water partition coefficient (Wildman–Crippen LogP) is -3.38. The molecule has 1 aromatic rings. The van der Waals surface area contributed by atoms with Crippen LogP contribution in [-0.4, -0.2) is 0 Å². The van der Waals surface area contributed by atoms with Crippen LogP contribution in [0, 0.1) is 12.3 Å². The van der Waals surface area contributed by atoms with E-state index in [1.807, 2.05) is 0 Å². The first kappa shape index (κ1) is 12.3. The molecule has 2 rings (SSSR count). The second-order valence-electron chi connectivity index (χ2n) is 2.67. The topological polar surface area (TPSA) is 0 Å². The molecule has 0 bridgehead atoms. The van der Waals surface area contributed by atoms with Crippen LogP contribution in [0.4, 0.5) is 0 Å². The van der Waals surface area contributed by atoms with Crippen molar-refractivity contribution in [2.75, 3.05) is 0 Å². The maximum atomic E-state index is 2.31. The first-order valence-corrected chi connectivity index (χ1v) is 3.68. The summed E-state index contributed by atoms with van der Waals surface area (Å²) >= 11 is 0. The average molecular weight is 144 g/mol. The van der Waals surface area contributed by atoms with Crippen LogP contribution in [0.1, 0.15) is 18.4 Å². The summed E-state index contributed by atoms with van der Waals surface area (Å²) in [6.45, 7) is 0. The van der Waals surface area contributed by atoms with Crippen molar-refractivity contribution < 1.29 is 37.7 Å². The van der Waals surface area contributed by atoms with Gasteiger partial charge in [-0.25, -0.2) is 18.8 Å². The van der Waals surface area contributed by atoms with E-state index in [2.05, 4.69) is 36.8 Å². The second-order valence-corrected chi connectivity index (χ2v) is 2.67. The van der Waals surface area contributed by atoms with E-state index >= 15 is 0 Å². The number of hydrogen-bond acceptors (Lipinski definition) is 0. The van der Waals surface area contributed by atoms with Crippen molar-refractivity contribution >= 4 is 0 Å². The molecule has 1 aliphatic carbocycles. The molecule has 1 aliphatic rings. The average Bonchev–Trinajstić information content (AvgIpc) is 1.86. The fourth-order valence-electron chi connectivity index (χ4n) is 1.20. The third-order valence-corrected chi connectivity index (χ3v) is 1.96. The Morgan fingerprint density at radius 1 is 1.00 bits per heavy atom. The minimum atomic E-state index is 0. The van der Waals surface area contributed by atoms with Gasteiger partial charge >= 0.3 is 37.7 Å². The zero-order chi connectivity index (χ0) is 6.81. The second kappa shape index (κ2) is 5.85. The molecule has 1 fully saturated rings. The normalized spacial score (nSPS) is 13.8. The van der Waals surface area contributed by atoms with Gasteiger partial charge in [0.2, 0.25) is 0 Å². The minimum Gasteiger partial charge on any atom is -0.343 e. The molecule has 0 unspecified atom stereocenters. The minimum absolute atomic E-state index is 0. The molecule has 0 saturated heterocycles.